The van der Waals surface area contributed by atoms with E-state index in [0.717, 1.165) is 22.4 Å². The lowest BCUT2D eigenvalue weighted by Gasteiger charge is -2.14. The summed E-state index contributed by atoms with van der Waals surface area (Å²) < 4.78 is 25.6. The van der Waals surface area contributed by atoms with Crippen LogP contribution in [0.3, 0.4) is 0 Å². The minimum atomic E-state index is -1.41. The van der Waals surface area contributed by atoms with Gasteiger partial charge in [-0.3, -0.25) is 4.98 Å². The SMILES string of the molecule is [2H]C(C)(c1ccccc1)c1cccc(-c2cc(C([2H])([2H])C(C)C)ccn2)c1. The van der Waals surface area contributed by atoms with E-state index in [1.165, 1.54) is 0 Å². The van der Waals surface area contributed by atoms with Crippen molar-refractivity contribution in [2.75, 3.05) is 0 Å². The molecular weight excluding hydrogens is 290 g/mol. The number of nitrogens with zero attached hydrogens (tertiary/aromatic N) is 1. The lowest BCUT2D eigenvalue weighted by atomic mass is 9.91. The lowest BCUT2D eigenvalue weighted by Crippen LogP contribution is -1.97. The van der Waals surface area contributed by atoms with Gasteiger partial charge < -0.3 is 0 Å². The summed E-state index contributed by atoms with van der Waals surface area (Å²) in [5, 5.41) is 0. The molecule has 1 unspecified atom stereocenters. The quantitative estimate of drug-likeness (QED) is 0.554. The monoisotopic (exact) mass is 318 g/mol. The molecule has 1 heterocycles. The second-order valence-electron chi connectivity index (χ2n) is 6.30. The summed E-state index contributed by atoms with van der Waals surface area (Å²) >= 11 is 0. The fourth-order valence-electron chi connectivity index (χ4n) is 2.78. The molecule has 0 amide bonds. The van der Waals surface area contributed by atoms with Crippen molar-refractivity contribution in [1.82, 2.24) is 4.98 Å². The van der Waals surface area contributed by atoms with Crippen LogP contribution in [-0.2, 0) is 6.37 Å². The van der Waals surface area contributed by atoms with Gasteiger partial charge in [-0.05, 0) is 47.2 Å². The minimum absolute atomic E-state index is 0.131. The largest absolute Gasteiger partial charge is 0.256 e. The Morgan fingerprint density at radius 2 is 1.67 bits per heavy atom. The number of benzene rings is 2. The van der Waals surface area contributed by atoms with E-state index < -0.39 is 12.3 Å². The van der Waals surface area contributed by atoms with Crippen molar-refractivity contribution in [1.29, 1.82) is 0 Å². The third kappa shape index (κ3) is 3.91. The Balaban J connectivity index is 2.02. The molecule has 0 aliphatic carbocycles. The van der Waals surface area contributed by atoms with Crippen LogP contribution in [0.15, 0.2) is 72.9 Å². The zero-order valence-electron chi connectivity index (χ0n) is 17.5. The van der Waals surface area contributed by atoms with Gasteiger partial charge in [0.25, 0.3) is 0 Å². The maximum Gasteiger partial charge on any atom is 0.0704 e. The fraction of sp³-hybridized carbons (Fsp3) is 0.261. The van der Waals surface area contributed by atoms with Crippen molar-refractivity contribution in [3.8, 4) is 11.3 Å². The van der Waals surface area contributed by atoms with Crippen LogP contribution in [0.1, 0.15) is 47.5 Å². The molecule has 0 aliphatic heterocycles. The Labute approximate surface area is 149 Å². The molecule has 122 valence electrons. The molecule has 3 rings (SSSR count). The van der Waals surface area contributed by atoms with Gasteiger partial charge in [0, 0.05) is 21.8 Å². The van der Waals surface area contributed by atoms with Gasteiger partial charge in [-0.2, -0.15) is 0 Å². The molecule has 24 heavy (non-hydrogen) atoms. The molecule has 0 N–H and O–H groups in total. The molecule has 0 spiro atoms. The van der Waals surface area contributed by atoms with Gasteiger partial charge in [0.15, 0.2) is 0 Å². The number of hydrogen-bond donors (Lipinski definition) is 0. The van der Waals surface area contributed by atoms with E-state index in [2.05, 4.69) is 4.98 Å². The predicted octanol–water partition coefficient (Wildman–Crippen LogP) is 6.10. The van der Waals surface area contributed by atoms with E-state index in [4.69, 9.17) is 4.11 Å². The molecule has 0 bridgehead atoms. The van der Waals surface area contributed by atoms with Crippen molar-refractivity contribution >= 4 is 0 Å². The van der Waals surface area contributed by atoms with E-state index in [1.807, 2.05) is 81.4 Å². The topological polar surface area (TPSA) is 12.9 Å². The molecule has 0 fully saturated rings. The Morgan fingerprint density at radius 3 is 2.42 bits per heavy atom. The van der Waals surface area contributed by atoms with Crippen LogP contribution < -0.4 is 0 Å². The second-order valence-corrected chi connectivity index (χ2v) is 6.30. The summed E-state index contributed by atoms with van der Waals surface area (Å²) in [5.41, 5.74) is 4.06. The third-order valence-electron chi connectivity index (χ3n) is 4.01. The first kappa shape index (κ1) is 12.9. The van der Waals surface area contributed by atoms with Crippen LogP contribution in [0.4, 0.5) is 0 Å². The molecule has 1 aromatic heterocycles. The van der Waals surface area contributed by atoms with Gasteiger partial charge in [-0.15, -0.1) is 0 Å². The Kier molecular flexibility index (Phi) is 4.01. The molecular formula is C23H25N. The van der Waals surface area contributed by atoms with E-state index in [-0.39, 0.29) is 5.92 Å². The molecule has 0 aliphatic rings. The molecule has 0 saturated heterocycles. The van der Waals surface area contributed by atoms with Crippen molar-refractivity contribution in [2.24, 2.45) is 5.92 Å². The standard InChI is InChI=1S/C23H25N/c1-17(2)14-19-12-13-24-23(15-19)22-11-7-10-21(16-22)18(3)20-8-5-4-6-9-20/h4-13,15-18H,14H2,1-3H3/i14D2,18D. The van der Waals surface area contributed by atoms with Crippen molar-refractivity contribution in [3.63, 3.8) is 0 Å². The van der Waals surface area contributed by atoms with Crippen LogP contribution in [-0.4, -0.2) is 4.98 Å². The van der Waals surface area contributed by atoms with Crippen LogP contribution in [0.2, 0.25) is 0 Å². The zero-order chi connectivity index (χ0) is 19.7. The summed E-state index contributed by atoms with van der Waals surface area (Å²) in [6, 6.07) is 21.2. The normalized spacial score (nSPS) is 16.1. The van der Waals surface area contributed by atoms with Gasteiger partial charge in [0.2, 0.25) is 0 Å². The summed E-state index contributed by atoms with van der Waals surface area (Å²) in [4.78, 5) is 4.45. The van der Waals surface area contributed by atoms with Gasteiger partial charge in [0.05, 0.1) is 5.69 Å². The Hall–Kier alpha value is -2.41. The zero-order valence-corrected chi connectivity index (χ0v) is 14.5. The van der Waals surface area contributed by atoms with Crippen LogP contribution >= 0.6 is 0 Å². The maximum atomic E-state index is 8.88. The van der Waals surface area contributed by atoms with Gasteiger partial charge in [0.1, 0.15) is 0 Å². The van der Waals surface area contributed by atoms with Gasteiger partial charge >= 0.3 is 0 Å². The first-order chi connectivity index (χ1) is 12.7. The number of pyridine rings is 1. The van der Waals surface area contributed by atoms with Crippen molar-refractivity contribution < 1.29 is 4.11 Å². The summed E-state index contributed by atoms with van der Waals surface area (Å²) in [6.07, 6.45) is 0.248. The van der Waals surface area contributed by atoms with Crippen LogP contribution in [0, 0.1) is 5.92 Å². The first-order valence-corrected chi connectivity index (χ1v) is 8.36. The lowest BCUT2D eigenvalue weighted by molar-refractivity contribution is 0.647. The first-order valence-electron chi connectivity index (χ1n) is 9.86. The Morgan fingerprint density at radius 1 is 0.917 bits per heavy atom. The van der Waals surface area contributed by atoms with Crippen LogP contribution in [0.25, 0.3) is 11.3 Å². The highest BCUT2D eigenvalue weighted by Gasteiger charge is 2.10. The van der Waals surface area contributed by atoms with Gasteiger partial charge in [-0.1, -0.05) is 69.3 Å². The summed E-state index contributed by atoms with van der Waals surface area (Å²) in [6.45, 7) is 5.65. The minimum Gasteiger partial charge on any atom is -0.256 e. The Bertz CT molecular complexity index is 918. The maximum absolute atomic E-state index is 8.88. The fourth-order valence-corrected chi connectivity index (χ4v) is 2.78. The van der Waals surface area contributed by atoms with Crippen molar-refractivity contribution in [3.05, 3.63) is 89.6 Å². The average Bonchev–Trinajstić information content (AvgIpc) is 2.68. The molecule has 1 nitrogen and oxygen atoms in total. The average molecular weight is 318 g/mol. The highest BCUT2D eigenvalue weighted by molar-refractivity contribution is 5.61. The van der Waals surface area contributed by atoms with Crippen LogP contribution in [0.5, 0.6) is 0 Å². The summed E-state index contributed by atoms with van der Waals surface area (Å²) in [7, 11) is 0. The second kappa shape index (κ2) is 7.44. The predicted molar refractivity (Wildman–Crippen MR) is 102 cm³/mol. The third-order valence-corrected chi connectivity index (χ3v) is 4.01. The van der Waals surface area contributed by atoms with E-state index >= 15 is 0 Å². The van der Waals surface area contributed by atoms with E-state index in [1.54, 1.807) is 12.3 Å². The van der Waals surface area contributed by atoms with E-state index in [0.29, 0.717) is 5.56 Å². The number of rotatable bonds is 5. The number of aromatic nitrogens is 1. The highest BCUT2D eigenvalue weighted by atomic mass is 14.7. The van der Waals surface area contributed by atoms with Crippen molar-refractivity contribution in [2.45, 2.75) is 33.0 Å². The molecule has 0 saturated carbocycles. The molecule has 3 aromatic rings. The summed E-state index contributed by atoms with van der Waals surface area (Å²) in [5.74, 6) is -1.00. The highest BCUT2D eigenvalue weighted by Crippen LogP contribution is 2.28. The van der Waals surface area contributed by atoms with Gasteiger partial charge in [-0.25, -0.2) is 0 Å². The smallest absolute Gasteiger partial charge is 0.0704 e. The van der Waals surface area contributed by atoms with E-state index in [9.17, 15) is 0 Å². The molecule has 0 radical (unpaired) electrons. The molecule has 1 heteroatoms. The number of hydrogen-bond acceptors (Lipinski definition) is 1. The molecule has 1 atom stereocenters. The molecule has 2 aromatic carbocycles.